The lowest BCUT2D eigenvalue weighted by Gasteiger charge is -2.14. The SMILES string of the molecule is Nc1cc(Br)ccc1C=CCNC(=O)OCC1c2ccccc2-c2ccccc21. The number of hydrogen-bond donors (Lipinski definition) is 2. The number of anilines is 1. The molecule has 4 rings (SSSR count). The van der Waals surface area contributed by atoms with Gasteiger partial charge in [-0.25, -0.2) is 4.79 Å². The first-order chi connectivity index (χ1) is 14.1. The van der Waals surface area contributed by atoms with Gasteiger partial charge in [0.25, 0.3) is 0 Å². The summed E-state index contributed by atoms with van der Waals surface area (Å²) in [6, 6.07) is 22.3. The summed E-state index contributed by atoms with van der Waals surface area (Å²) in [7, 11) is 0. The fraction of sp³-hybridized carbons (Fsp3) is 0.125. The molecule has 0 radical (unpaired) electrons. The van der Waals surface area contributed by atoms with Crippen LogP contribution in [0.5, 0.6) is 0 Å². The van der Waals surface area contributed by atoms with Gasteiger partial charge in [0.2, 0.25) is 0 Å². The normalized spacial score (nSPS) is 12.6. The Kier molecular flexibility index (Phi) is 5.67. The molecular weight excluding hydrogens is 428 g/mol. The number of fused-ring (bicyclic) bond motifs is 3. The number of benzene rings is 3. The molecule has 146 valence electrons. The van der Waals surface area contributed by atoms with Crippen molar-refractivity contribution >= 4 is 33.8 Å². The number of nitrogen functional groups attached to an aromatic ring is 1. The summed E-state index contributed by atoms with van der Waals surface area (Å²) < 4.78 is 6.45. The smallest absolute Gasteiger partial charge is 0.407 e. The summed E-state index contributed by atoms with van der Waals surface area (Å²) >= 11 is 3.39. The van der Waals surface area contributed by atoms with E-state index in [4.69, 9.17) is 10.5 Å². The van der Waals surface area contributed by atoms with Gasteiger partial charge in [-0.3, -0.25) is 0 Å². The van der Waals surface area contributed by atoms with Gasteiger partial charge in [0, 0.05) is 22.6 Å². The Morgan fingerprint density at radius 2 is 1.69 bits per heavy atom. The van der Waals surface area contributed by atoms with Crippen LogP contribution in [0.2, 0.25) is 0 Å². The van der Waals surface area contributed by atoms with Gasteiger partial charge in [0.1, 0.15) is 6.61 Å². The number of alkyl carbamates (subject to hydrolysis) is 1. The molecule has 5 heteroatoms. The number of amides is 1. The van der Waals surface area contributed by atoms with E-state index < -0.39 is 6.09 Å². The second-order valence-electron chi connectivity index (χ2n) is 6.88. The molecule has 0 atom stereocenters. The molecule has 3 N–H and O–H groups in total. The molecular formula is C24H21BrN2O2. The number of carbonyl (C=O) groups is 1. The highest BCUT2D eigenvalue weighted by atomic mass is 79.9. The van der Waals surface area contributed by atoms with Crippen molar-refractivity contribution in [3.05, 3.63) is 94.0 Å². The Hall–Kier alpha value is -3.05. The number of ether oxygens (including phenoxy) is 1. The monoisotopic (exact) mass is 448 g/mol. The van der Waals surface area contributed by atoms with Crippen LogP contribution in [0.1, 0.15) is 22.6 Å². The van der Waals surface area contributed by atoms with E-state index in [2.05, 4.69) is 45.5 Å². The van der Waals surface area contributed by atoms with Crippen LogP contribution in [0.4, 0.5) is 10.5 Å². The zero-order valence-corrected chi connectivity index (χ0v) is 17.4. The second-order valence-corrected chi connectivity index (χ2v) is 7.80. The van der Waals surface area contributed by atoms with Gasteiger partial charge in [-0.2, -0.15) is 0 Å². The van der Waals surface area contributed by atoms with Crippen LogP contribution in [0.15, 0.2) is 77.3 Å². The van der Waals surface area contributed by atoms with E-state index in [1.165, 1.54) is 22.3 Å². The number of rotatable bonds is 5. The number of hydrogen-bond acceptors (Lipinski definition) is 3. The van der Waals surface area contributed by atoms with E-state index in [0.717, 1.165) is 10.0 Å². The van der Waals surface area contributed by atoms with Gasteiger partial charge in [0.05, 0.1) is 0 Å². The van der Waals surface area contributed by atoms with Crippen LogP contribution in [0.3, 0.4) is 0 Å². The van der Waals surface area contributed by atoms with Crippen molar-refractivity contribution in [2.45, 2.75) is 5.92 Å². The molecule has 3 aromatic carbocycles. The number of nitrogens with two attached hydrogens (primary N) is 1. The Balaban J connectivity index is 1.34. The first kappa shape index (κ1) is 19.3. The highest BCUT2D eigenvalue weighted by molar-refractivity contribution is 9.10. The highest BCUT2D eigenvalue weighted by Gasteiger charge is 2.28. The summed E-state index contributed by atoms with van der Waals surface area (Å²) in [5, 5.41) is 2.76. The van der Waals surface area contributed by atoms with Crippen molar-refractivity contribution < 1.29 is 9.53 Å². The molecule has 3 aromatic rings. The summed E-state index contributed by atoms with van der Waals surface area (Å²) in [6.07, 6.45) is 3.30. The minimum atomic E-state index is -0.430. The summed E-state index contributed by atoms with van der Waals surface area (Å²) in [4.78, 5) is 12.1. The van der Waals surface area contributed by atoms with Gasteiger partial charge in [-0.05, 0) is 39.9 Å². The van der Waals surface area contributed by atoms with E-state index >= 15 is 0 Å². The molecule has 1 amide bonds. The van der Waals surface area contributed by atoms with Crippen molar-refractivity contribution in [3.63, 3.8) is 0 Å². The zero-order chi connectivity index (χ0) is 20.2. The van der Waals surface area contributed by atoms with Crippen LogP contribution in [0.25, 0.3) is 17.2 Å². The minimum absolute atomic E-state index is 0.0613. The van der Waals surface area contributed by atoms with Crippen molar-refractivity contribution in [3.8, 4) is 11.1 Å². The Bertz CT molecular complexity index is 1030. The summed E-state index contributed by atoms with van der Waals surface area (Å²) in [6.45, 7) is 0.676. The third-order valence-corrected chi connectivity index (χ3v) is 5.55. The van der Waals surface area contributed by atoms with Crippen molar-refractivity contribution in [1.29, 1.82) is 0 Å². The van der Waals surface area contributed by atoms with E-state index in [-0.39, 0.29) is 5.92 Å². The van der Waals surface area contributed by atoms with Crippen molar-refractivity contribution in [1.82, 2.24) is 5.32 Å². The first-order valence-electron chi connectivity index (χ1n) is 9.44. The Morgan fingerprint density at radius 1 is 1.03 bits per heavy atom. The molecule has 0 spiro atoms. The van der Waals surface area contributed by atoms with Crippen molar-refractivity contribution in [2.24, 2.45) is 0 Å². The van der Waals surface area contributed by atoms with Gasteiger partial charge in [-0.15, -0.1) is 0 Å². The van der Waals surface area contributed by atoms with E-state index in [1.54, 1.807) is 0 Å². The first-order valence-corrected chi connectivity index (χ1v) is 10.2. The fourth-order valence-electron chi connectivity index (χ4n) is 3.67. The maximum atomic E-state index is 12.1. The molecule has 1 aliphatic rings. The average Bonchev–Trinajstić information content (AvgIpc) is 3.05. The lowest BCUT2D eigenvalue weighted by molar-refractivity contribution is 0.144. The molecule has 0 aliphatic heterocycles. The third kappa shape index (κ3) is 4.20. The Morgan fingerprint density at radius 3 is 2.34 bits per heavy atom. The molecule has 0 heterocycles. The van der Waals surface area contributed by atoms with Gasteiger partial charge in [0.15, 0.2) is 0 Å². The maximum absolute atomic E-state index is 12.1. The standard InChI is InChI=1S/C24H21BrN2O2/c25-17-12-11-16(23(26)14-17)6-5-13-27-24(28)29-15-22-20-9-3-1-7-18(20)19-8-2-4-10-21(19)22/h1-12,14,22H,13,15,26H2,(H,27,28). The van der Waals surface area contributed by atoms with E-state index in [9.17, 15) is 4.79 Å². The quantitative estimate of drug-likeness (QED) is 0.500. The molecule has 0 bridgehead atoms. The summed E-state index contributed by atoms with van der Waals surface area (Å²) in [5.74, 6) is 0.0613. The number of nitrogens with one attached hydrogen (secondary N) is 1. The van der Waals surface area contributed by atoms with Crippen LogP contribution in [0, 0.1) is 0 Å². The molecule has 0 aromatic heterocycles. The van der Waals surface area contributed by atoms with Gasteiger partial charge in [-0.1, -0.05) is 82.7 Å². The molecule has 0 unspecified atom stereocenters. The van der Waals surface area contributed by atoms with Gasteiger partial charge < -0.3 is 15.8 Å². The molecule has 0 fully saturated rings. The fourth-order valence-corrected chi connectivity index (χ4v) is 4.05. The lowest BCUT2D eigenvalue weighted by atomic mass is 9.98. The molecule has 29 heavy (non-hydrogen) atoms. The number of carbonyl (C=O) groups excluding carboxylic acids is 1. The predicted molar refractivity (Wildman–Crippen MR) is 121 cm³/mol. The lowest BCUT2D eigenvalue weighted by Crippen LogP contribution is -2.26. The van der Waals surface area contributed by atoms with Crippen LogP contribution >= 0.6 is 15.9 Å². The Labute approximate surface area is 178 Å². The number of halogens is 1. The van der Waals surface area contributed by atoms with E-state index in [1.807, 2.05) is 54.6 Å². The molecule has 0 saturated carbocycles. The van der Waals surface area contributed by atoms with Crippen LogP contribution < -0.4 is 11.1 Å². The van der Waals surface area contributed by atoms with E-state index in [0.29, 0.717) is 18.8 Å². The molecule has 0 saturated heterocycles. The topological polar surface area (TPSA) is 64.3 Å². The predicted octanol–water partition coefficient (Wildman–Crippen LogP) is 5.58. The summed E-state index contributed by atoms with van der Waals surface area (Å²) in [5.41, 5.74) is 12.4. The highest BCUT2D eigenvalue weighted by Crippen LogP contribution is 2.44. The molecule has 4 nitrogen and oxygen atoms in total. The maximum Gasteiger partial charge on any atom is 0.407 e. The average molecular weight is 449 g/mol. The van der Waals surface area contributed by atoms with Crippen LogP contribution in [-0.2, 0) is 4.74 Å². The molecule has 1 aliphatic carbocycles. The van der Waals surface area contributed by atoms with Crippen LogP contribution in [-0.4, -0.2) is 19.2 Å². The zero-order valence-electron chi connectivity index (χ0n) is 15.8. The second kappa shape index (κ2) is 8.53. The largest absolute Gasteiger partial charge is 0.449 e. The van der Waals surface area contributed by atoms with Crippen molar-refractivity contribution in [2.75, 3.05) is 18.9 Å². The minimum Gasteiger partial charge on any atom is -0.449 e. The van der Waals surface area contributed by atoms with Gasteiger partial charge >= 0.3 is 6.09 Å². The third-order valence-electron chi connectivity index (χ3n) is 5.05.